The van der Waals surface area contributed by atoms with Crippen LogP contribution in [0.4, 0.5) is 5.69 Å². The number of benzene rings is 2. The Morgan fingerprint density at radius 1 is 1.03 bits per heavy atom. The normalized spacial score (nSPS) is 11.6. The number of hydrogen-bond donors (Lipinski definition) is 2. The number of amides is 1. The maximum atomic E-state index is 12.4. The molecule has 0 aliphatic heterocycles. The number of carboxylic acid groups (broad SMARTS) is 1. The van der Waals surface area contributed by atoms with Crippen LogP contribution < -0.4 is 5.32 Å². The van der Waals surface area contributed by atoms with Crippen LogP contribution in [0.15, 0.2) is 53.7 Å². The molecule has 1 heterocycles. The standard InChI is InChI=1S/C21H20N4O5S/c1-12(18(26)22-16-8-4-14(5-9-16)19(27)28)30-20(29)15-6-10-17(11-7-15)25-13(2)23-24-21(25)31-3/h4-12H,1-3H3,(H,22,26)(H,27,28). The lowest BCUT2D eigenvalue weighted by atomic mass is 10.2. The molecule has 2 N–H and O–H groups in total. The molecular formula is C21H20N4O5S. The number of nitrogens with one attached hydrogen (secondary N) is 1. The second-order valence-electron chi connectivity index (χ2n) is 6.54. The van der Waals surface area contributed by atoms with Gasteiger partial charge < -0.3 is 15.2 Å². The molecule has 160 valence electrons. The molecule has 3 aromatic rings. The van der Waals surface area contributed by atoms with E-state index in [-0.39, 0.29) is 5.56 Å². The van der Waals surface area contributed by atoms with Gasteiger partial charge in [0.2, 0.25) is 0 Å². The molecule has 0 saturated heterocycles. The lowest BCUT2D eigenvalue weighted by molar-refractivity contribution is -0.123. The van der Waals surface area contributed by atoms with E-state index in [0.29, 0.717) is 11.3 Å². The van der Waals surface area contributed by atoms with Gasteiger partial charge in [0.1, 0.15) is 5.82 Å². The second-order valence-corrected chi connectivity index (χ2v) is 7.31. The fourth-order valence-electron chi connectivity index (χ4n) is 2.74. The first-order chi connectivity index (χ1) is 14.8. The molecule has 1 atom stereocenters. The first-order valence-corrected chi connectivity index (χ1v) is 10.4. The van der Waals surface area contributed by atoms with Gasteiger partial charge in [0.15, 0.2) is 11.3 Å². The number of anilines is 1. The molecule has 0 saturated carbocycles. The summed E-state index contributed by atoms with van der Waals surface area (Å²) in [6.07, 6.45) is 0.855. The van der Waals surface area contributed by atoms with Crippen molar-refractivity contribution in [2.45, 2.75) is 25.1 Å². The zero-order valence-electron chi connectivity index (χ0n) is 17.0. The summed E-state index contributed by atoms with van der Waals surface area (Å²) < 4.78 is 7.12. The highest BCUT2D eigenvalue weighted by Crippen LogP contribution is 2.20. The van der Waals surface area contributed by atoms with Gasteiger partial charge in [-0.05, 0) is 68.6 Å². The molecule has 2 aromatic carbocycles. The number of aromatic carboxylic acids is 1. The van der Waals surface area contributed by atoms with Gasteiger partial charge in [0, 0.05) is 11.4 Å². The molecule has 1 amide bonds. The van der Waals surface area contributed by atoms with Crippen LogP contribution in [0.3, 0.4) is 0 Å². The number of ether oxygens (including phenoxy) is 1. The third-order valence-corrected chi connectivity index (χ3v) is 5.02. The Morgan fingerprint density at radius 2 is 1.65 bits per heavy atom. The van der Waals surface area contributed by atoms with Crippen LogP contribution in [0.1, 0.15) is 33.5 Å². The number of carbonyl (C=O) groups is 3. The molecule has 1 aromatic heterocycles. The smallest absolute Gasteiger partial charge is 0.338 e. The van der Waals surface area contributed by atoms with Crippen LogP contribution in [0.25, 0.3) is 5.69 Å². The van der Waals surface area contributed by atoms with Crippen LogP contribution in [-0.2, 0) is 9.53 Å². The van der Waals surface area contributed by atoms with Gasteiger partial charge in [-0.1, -0.05) is 11.8 Å². The zero-order valence-corrected chi connectivity index (χ0v) is 17.8. The van der Waals surface area contributed by atoms with Crippen molar-refractivity contribution in [3.05, 3.63) is 65.5 Å². The number of nitrogens with zero attached hydrogens (tertiary/aromatic N) is 3. The zero-order chi connectivity index (χ0) is 22.5. The summed E-state index contributed by atoms with van der Waals surface area (Å²) in [5.74, 6) is -1.50. The van der Waals surface area contributed by atoms with Crippen molar-refractivity contribution in [2.75, 3.05) is 11.6 Å². The first kappa shape index (κ1) is 22.0. The number of esters is 1. The number of aryl methyl sites for hydroxylation is 1. The fourth-order valence-corrected chi connectivity index (χ4v) is 3.28. The molecule has 0 bridgehead atoms. The molecule has 0 radical (unpaired) electrons. The predicted octanol–water partition coefficient (Wildman–Crippen LogP) is 3.18. The van der Waals surface area contributed by atoms with E-state index in [1.807, 2.05) is 17.7 Å². The van der Waals surface area contributed by atoms with Crippen LogP contribution in [0.2, 0.25) is 0 Å². The number of rotatable bonds is 7. The molecule has 31 heavy (non-hydrogen) atoms. The van der Waals surface area contributed by atoms with Crippen molar-refractivity contribution in [3.8, 4) is 5.69 Å². The van der Waals surface area contributed by atoms with Gasteiger partial charge in [-0.2, -0.15) is 0 Å². The Morgan fingerprint density at radius 3 is 2.23 bits per heavy atom. The van der Waals surface area contributed by atoms with Gasteiger partial charge in [-0.15, -0.1) is 10.2 Å². The van der Waals surface area contributed by atoms with E-state index in [0.717, 1.165) is 16.7 Å². The molecule has 9 nitrogen and oxygen atoms in total. The molecule has 0 aliphatic carbocycles. The molecule has 0 spiro atoms. The van der Waals surface area contributed by atoms with E-state index in [4.69, 9.17) is 9.84 Å². The van der Waals surface area contributed by atoms with E-state index in [2.05, 4.69) is 15.5 Å². The van der Waals surface area contributed by atoms with Crippen LogP contribution in [-0.4, -0.2) is 50.1 Å². The molecule has 0 aliphatic rings. The summed E-state index contributed by atoms with van der Waals surface area (Å²) in [5.41, 5.74) is 1.60. The number of thioether (sulfide) groups is 1. The second kappa shape index (κ2) is 9.43. The molecule has 10 heteroatoms. The summed E-state index contributed by atoms with van der Waals surface area (Å²) in [7, 11) is 0. The monoisotopic (exact) mass is 440 g/mol. The van der Waals surface area contributed by atoms with E-state index < -0.39 is 23.9 Å². The Balaban J connectivity index is 1.63. The van der Waals surface area contributed by atoms with Gasteiger partial charge >= 0.3 is 11.9 Å². The minimum Gasteiger partial charge on any atom is -0.478 e. The molecule has 0 fully saturated rings. The van der Waals surface area contributed by atoms with Crippen LogP contribution >= 0.6 is 11.8 Å². The quantitative estimate of drug-likeness (QED) is 0.424. The number of carbonyl (C=O) groups excluding carboxylic acids is 2. The van der Waals surface area contributed by atoms with Gasteiger partial charge in [-0.25, -0.2) is 9.59 Å². The summed E-state index contributed by atoms with van der Waals surface area (Å²) in [5, 5.41) is 20.4. The van der Waals surface area contributed by atoms with Crippen molar-refractivity contribution >= 4 is 35.3 Å². The highest BCUT2D eigenvalue weighted by molar-refractivity contribution is 7.98. The Kier molecular flexibility index (Phi) is 6.71. The SMILES string of the molecule is CSc1nnc(C)n1-c1ccc(C(=O)OC(C)C(=O)Nc2ccc(C(=O)O)cc2)cc1. The van der Waals surface area contributed by atoms with E-state index in [1.165, 1.54) is 43.0 Å². The summed E-state index contributed by atoms with van der Waals surface area (Å²) in [6.45, 7) is 3.29. The topological polar surface area (TPSA) is 123 Å². The maximum absolute atomic E-state index is 12.4. The van der Waals surface area contributed by atoms with Gasteiger partial charge in [0.05, 0.1) is 11.1 Å². The Labute approximate surface area is 182 Å². The van der Waals surface area contributed by atoms with Crippen LogP contribution in [0, 0.1) is 6.92 Å². The predicted molar refractivity (Wildman–Crippen MR) is 115 cm³/mol. The number of aromatic nitrogens is 3. The van der Waals surface area contributed by atoms with Crippen molar-refractivity contribution < 1.29 is 24.2 Å². The lowest BCUT2D eigenvalue weighted by Crippen LogP contribution is -2.30. The molecule has 3 rings (SSSR count). The summed E-state index contributed by atoms with van der Waals surface area (Å²) in [4.78, 5) is 35.6. The van der Waals surface area contributed by atoms with E-state index in [1.54, 1.807) is 24.3 Å². The largest absolute Gasteiger partial charge is 0.478 e. The number of hydrogen-bond acceptors (Lipinski definition) is 7. The maximum Gasteiger partial charge on any atom is 0.338 e. The van der Waals surface area contributed by atoms with Crippen molar-refractivity contribution in [1.82, 2.24) is 14.8 Å². The third kappa shape index (κ3) is 5.10. The van der Waals surface area contributed by atoms with Crippen molar-refractivity contribution in [2.24, 2.45) is 0 Å². The van der Waals surface area contributed by atoms with E-state index >= 15 is 0 Å². The van der Waals surface area contributed by atoms with Crippen LogP contribution in [0.5, 0.6) is 0 Å². The van der Waals surface area contributed by atoms with Gasteiger partial charge in [-0.3, -0.25) is 9.36 Å². The fraction of sp³-hybridized carbons (Fsp3) is 0.190. The first-order valence-electron chi connectivity index (χ1n) is 9.21. The highest BCUT2D eigenvalue weighted by Gasteiger charge is 2.20. The Hall–Kier alpha value is -3.66. The summed E-state index contributed by atoms with van der Waals surface area (Å²) in [6, 6.07) is 12.4. The average Bonchev–Trinajstić information content (AvgIpc) is 3.14. The highest BCUT2D eigenvalue weighted by atomic mass is 32.2. The average molecular weight is 440 g/mol. The minimum absolute atomic E-state index is 0.104. The van der Waals surface area contributed by atoms with E-state index in [9.17, 15) is 14.4 Å². The van der Waals surface area contributed by atoms with Gasteiger partial charge in [0.25, 0.3) is 5.91 Å². The minimum atomic E-state index is -1.06. The lowest BCUT2D eigenvalue weighted by Gasteiger charge is -2.14. The molecule has 1 unspecified atom stereocenters. The third-order valence-electron chi connectivity index (χ3n) is 4.39. The van der Waals surface area contributed by atoms with Crippen molar-refractivity contribution in [1.29, 1.82) is 0 Å². The Bertz CT molecular complexity index is 1110. The number of carboxylic acids is 1. The molecular weight excluding hydrogens is 420 g/mol. The van der Waals surface area contributed by atoms with Crippen molar-refractivity contribution in [3.63, 3.8) is 0 Å². The summed E-state index contributed by atoms with van der Waals surface area (Å²) >= 11 is 1.46.